The molecule has 2 unspecified atom stereocenters. The summed E-state index contributed by atoms with van der Waals surface area (Å²) in [6.45, 7) is 8.96. The second-order valence-corrected chi connectivity index (χ2v) is 4.22. The van der Waals surface area contributed by atoms with Crippen LogP contribution in [0.3, 0.4) is 0 Å². The van der Waals surface area contributed by atoms with E-state index in [-0.39, 0.29) is 6.10 Å². The molecule has 2 nitrogen and oxygen atoms in total. The molecule has 0 spiro atoms. The van der Waals surface area contributed by atoms with E-state index in [2.05, 4.69) is 45.0 Å². The predicted octanol–water partition coefficient (Wildman–Crippen LogP) is 4.05. The van der Waals surface area contributed by atoms with Gasteiger partial charge in [-0.25, -0.2) is 9.78 Å². The molecule has 16 heavy (non-hydrogen) atoms. The zero-order valence-electron chi connectivity index (χ0n) is 10.7. The van der Waals surface area contributed by atoms with Crippen molar-refractivity contribution in [3.8, 4) is 0 Å². The van der Waals surface area contributed by atoms with E-state index in [9.17, 15) is 0 Å². The molecule has 0 radical (unpaired) electrons. The number of benzene rings is 1. The molecule has 1 aromatic rings. The monoisotopic (exact) mass is 222 g/mol. The van der Waals surface area contributed by atoms with Crippen LogP contribution in [0.5, 0.6) is 0 Å². The molecule has 0 aliphatic heterocycles. The maximum atomic E-state index is 5.47. The molecule has 90 valence electrons. The molecule has 1 rings (SSSR count). The van der Waals surface area contributed by atoms with Crippen molar-refractivity contribution in [1.29, 1.82) is 0 Å². The highest BCUT2D eigenvalue weighted by molar-refractivity contribution is 5.23. The van der Waals surface area contributed by atoms with Crippen molar-refractivity contribution >= 4 is 0 Å². The van der Waals surface area contributed by atoms with E-state index in [1.54, 1.807) is 0 Å². The minimum atomic E-state index is 0.0329. The molecule has 0 saturated heterocycles. The average molecular weight is 222 g/mol. The molecular weight excluding hydrogens is 200 g/mol. The first kappa shape index (κ1) is 13.2. The van der Waals surface area contributed by atoms with Crippen molar-refractivity contribution in [3.63, 3.8) is 0 Å². The fourth-order valence-electron chi connectivity index (χ4n) is 1.59. The lowest BCUT2D eigenvalue weighted by atomic mass is 9.95. The van der Waals surface area contributed by atoms with Crippen LogP contribution in [0.4, 0.5) is 0 Å². The van der Waals surface area contributed by atoms with Crippen molar-refractivity contribution in [3.05, 3.63) is 35.4 Å². The quantitative estimate of drug-likeness (QED) is 0.534. The Bertz CT molecular complexity index is 292. The van der Waals surface area contributed by atoms with Crippen molar-refractivity contribution in [2.24, 2.45) is 5.92 Å². The van der Waals surface area contributed by atoms with Gasteiger partial charge in [-0.2, -0.15) is 0 Å². The van der Waals surface area contributed by atoms with Crippen LogP contribution in [-0.4, -0.2) is 6.61 Å². The molecular formula is C14H22O2. The van der Waals surface area contributed by atoms with Crippen molar-refractivity contribution in [2.45, 2.75) is 40.2 Å². The van der Waals surface area contributed by atoms with E-state index >= 15 is 0 Å². The maximum absolute atomic E-state index is 5.47. The first-order chi connectivity index (χ1) is 7.69. The van der Waals surface area contributed by atoms with Gasteiger partial charge in [0.15, 0.2) is 0 Å². The normalized spacial score (nSPS) is 14.8. The van der Waals surface area contributed by atoms with Gasteiger partial charge in [0.05, 0.1) is 6.61 Å². The summed E-state index contributed by atoms with van der Waals surface area (Å²) >= 11 is 0. The van der Waals surface area contributed by atoms with E-state index in [0.29, 0.717) is 12.5 Å². The largest absolute Gasteiger partial charge is 0.236 e. The average Bonchev–Trinajstić information content (AvgIpc) is 2.31. The standard InChI is InChI=1S/C14H22O2/c1-5-12(4)14(16-15-6-2)13-9-7-11(3)8-10-13/h7-10,12,14H,5-6H2,1-4H3. The Kier molecular flexibility index (Phi) is 5.50. The van der Waals surface area contributed by atoms with Gasteiger partial charge in [0.1, 0.15) is 6.10 Å². The zero-order chi connectivity index (χ0) is 12.0. The van der Waals surface area contributed by atoms with E-state index in [0.717, 1.165) is 6.42 Å². The lowest BCUT2D eigenvalue weighted by Crippen LogP contribution is -2.13. The summed E-state index contributed by atoms with van der Waals surface area (Å²) in [7, 11) is 0. The van der Waals surface area contributed by atoms with Crippen LogP contribution in [0, 0.1) is 12.8 Å². The summed E-state index contributed by atoms with van der Waals surface area (Å²) in [5, 5.41) is 0. The molecule has 0 aliphatic carbocycles. The summed E-state index contributed by atoms with van der Waals surface area (Å²) in [6, 6.07) is 8.45. The highest BCUT2D eigenvalue weighted by atomic mass is 17.2. The molecule has 2 atom stereocenters. The Hall–Kier alpha value is -0.860. The Morgan fingerprint density at radius 2 is 1.75 bits per heavy atom. The van der Waals surface area contributed by atoms with Crippen molar-refractivity contribution in [1.82, 2.24) is 0 Å². The SMILES string of the molecule is CCOOC(c1ccc(C)cc1)C(C)CC. The van der Waals surface area contributed by atoms with Crippen LogP contribution >= 0.6 is 0 Å². The van der Waals surface area contributed by atoms with Gasteiger partial charge >= 0.3 is 0 Å². The lowest BCUT2D eigenvalue weighted by molar-refractivity contribution is -0.333. The van der Waals surface area contributed by atoms with Gasteiger partial charge in [-0.05, 0) is 25.3 Å². The smallest absolute Gasteiger partial charge is 0.120 e. The Labute approximate surface area is 98.5 Å². The molecule has 0 aliphatic rings. The molecule has 0 heterocycles. The molecule has 1 aromatic carbocycles. The first-order valence-electron chi connectivity index (χ1n) is 6.03. The third-order valence-electron chi connectivity index (χ3n) is 2.86. The highest BCUT2D eigenvalue weighted by Crippen LogP contribution is 2.28. The van der Waals surface area contributed by atoms with Gasteiger partial charge in [0.25, 0.3) is 0 Å². The highest BCUT2D eigenvalue weighted by Gasteiger charge is 2.19. The third kappa shape index (κ3) is 3.62. The molecule has 0 fully saturated rings. The third-order valence-corrected chi connectivity index (χ3v) is 2.86. The Morgan fingerprint density at radius 1 is 1.12 bits per heavy atom. The fraction of sp³-hybridized carbons (Fsp3) is 0.571. The number of aryl methyl sites for hydroxylation is 1. The van der Waals surface area contributed by atoms with Crippen LogP contribution in [-0.2, 0) is 9.78 Å². The zero-order valence-corrected chi connectivity index (χ0v) is 10.7. The van der Waals surface area contributed by atoms with Crippen LogP contribution in [0.15, 0.2) is 24.3 Å². The van der Waals surface area contributed by atoms with Crippen molar-refractivity contribution < 1.29 is 9.78 Å². The lowest BCUT2D eigenvalue weighted by Gasteiger charge is -2.22. The van der Waals surface area contributed by atoms with Gasteiger partial charge in [0.2, 0.25) is 0 Å². The van der Waals surface area contributed by atoms with Gasteiger partial charge in [0, 0.05) is 0 Å². The second kappa shape index (κ2) is 6.66. The van der Waals surface area contributed by atoms with Crippen molar-refractivity contribution in [2.75, 3.05) is 6.61 Å². The molecule has 0 amide bonds. The predicted molar refractivity (Wildman–Crippen MR) is 66.1 cm³/mol. The number of hydrogen-bond donors (Lipinski definition) is 0. The summed E-state index contributed by atoms with van der Waals surface area (Å²) in [4.78, 5) is 10.6. The van der Waals surface area contributed by atoms with Crippen LogP contribution in [0.2, 0.25) is 0 Å². The molecule has 0 saturated carbocycles. The molecule has 2 heteroatoms. The summed E-state index contributed by atoms with van der Waals surface area (Å²) in [6.07, 6.45) is 1.11. The van der Waals surface area contributed by atoms with Gasteiger partial charge in [-0.1, -0.05) is 50.1 Å². The van der Waals surface area contributed by atoms with Gasteiger partial charge < -0.3 is 0 Å². The molecule has 0 N–H and O–H groups in total. The topological polar surface area (TPSA) is 18.5 Å². The summed E-state index contributed by atoms with van der Waals surface area (Å²) in [5.74, 6) is 0.453. The van der Waals surface area contributed by atoms with Crippen LogP contribution < -0.4 is 0 Å². The van der Waals surface area contributed by atoms with Gasteiger partial charge in [-0.15, -0.1) is 0 Å². The maximum Gasteiger partial charge on any atom is 0.120 e. The fourth-order valence-corrected chi connectivity index (χ4v) is 1.59. The minimum absolute atomic E-state index is 0.0329. The molecule has 0 aromatic heterocycles. The van der Waals surface area contributed by atoms with Gasteiger partial charge in [-0.3, -0.25) is 0 Å². The second-order valence-electron chi connectivity index (χ2n) is 4.22. The van der Waals surface area contributed by atoms with E-state index in [1.807, 2.05) is 6.92 Å². The van der Waals surface area contributed by atoms with Crippen LogP contribution in [0.25, 0.3) is 0 Å². The van der Waals surface area contributed by atoms with Crippen LogP contribution in [0.1, 0.15) is 44.4 Å². The Morgan fingerprint density at radius 3 is 2.25 bits per heavy atom. The van der Waals surface area contributed by atoms with E-state index in [1.165, 1.54) is 11.1 Å². The van der Waals surface area contributed by atoms with E-state index in [4.69, 9.17) is 9.78 Å². The number of hydrogen-bond acceptors (Lipinski definition) is 2. The number of rotatable bonds is 6. The van der Waals surface area contributed by atoms with E-state index < -0.39 is 0 Å². The summed E-state index contributed by atoms with van der Waals surface area (Å²) < 4.78 is 0. The first-order valence-corrected chi connectivity index (χ1v) is 6.03. The molecule has 0 bridgehead atoms. The Balaban J connectivity index is 2.78. The summed E-state index contributed by atoms with van der Waals surface area (Å²) in [5.41, 5.74) is 2.46. The minimum Gasteiger partial charge on any atom is -0.236 e.